The molecule has 0 amide bonds. The van der Waals surface area contributed by atoms with Crippen LogP contribution in [0.3, 0.4) is 0 Å². The molecule has 4 aromatic carbocycles. The predicted molar refractivity (Wildman–Crippen MR) is 151 cm³/mol. The Kier molecular flexibility index (Phi) is 8.51. The third-order valence-corrected chi connectivity index (χ3v) is 5.87. The molecule has 0 heterocycles. The fraction of sp³-hybridized carbons (Fsp3) is 0.0625. The number of hydrogen-bond donors (Lipinski definition) is 3. The van der Waals surface area contributed by atoms with E-state index in [0.29, 0.717) is 22.6 Å². The van der Waals surface area contributed by atoms with Gasteiger partial charge in [-0.1, -0.05) is 36.4 Å². The lowest BCUT2D eigenvalue weighted by Gasteiger charge is -2.13. The number of rotatable bonds is 10. The average Bonchev–Trinajstić information content (AvgIpc) is 2.96. The lowest BCUT2D eigenvalue weighted by molar-refractivity contribution is 0.103. The van der Waals surface area contributed by atoms with Crippen molar-refractivity contribution in [3.63, 3.8) is 0 Å². The van der Waals surface area contributed by atoms with E-state index in [1.54, 1.807) is 54.6 Å². The molecule has 8 nitrogen and oxygen atoms in total. The zero-order valence-corrected chi connectivity index (χ0v) is 21.7. The van der Waals surface area contributed by atoms with Gasteiger partial charge in [0.05, 0.1) is 25.3 Å². The highest BCUT2D eigenvalue weighted by atomic mass is 16.5. The first kappa shape index (κ1) is 27.5. The van der Waals surface area contributed by atoms with Crippen LogP contribution in [0, 0.1) is 0 Å². The van der Waals surface area contributed by atoms with Crippen molar-refractivity contribution in [2.75, 3.05) is 14.2 Å². The van der Waals surface area contributed by atoms with Gasteiger partial charge in [0, 0.05) is 12.1 Å². The van der Waals surface area contributed by atoms with Gasteiger partial charge in [-0.25, -0.2) is 0 Å². The lowest BCUT2D eigenvalue weighted by Crippen LogP contribution is -1.98. The van der Waals surface area contributed by atoms with Crippen molar-refractivity contribution in [1.29, 1.82) is 0 Å². The van der Waals surface area contributed by atoms with E-state index in [0.717, 1.165) is 0 Å². The Labute approximate surface area is 230 Å². The summed E-state index contributed by atoms with van der Waals surface area (Å²) in [4.78, 5) is 25.3. The van der Waals surface area contributed by atoms with E-state index in [1.165, 1.54) is 62.8 Å². The van der Waals surface area contributed by atoms with Gasteiger partial charge in [0.15, 0.2) is 23.1 Å². The topological polar surface area (TPSA) is 123 Å². The van der Waals surface area contributed by atoms with E-state index in [2.05, 4.69) is 0 Å². The molecule has 0 atom stereocenters. The summed E-state index contributed by atoms with van der Waals surface area (Å²) in [6.45, 7) is 0. The van der Waals surface area contributed by atoms with Crippen molar-refractivity contribution in [3.8, 4) is 40.2 Å². The Hall–Kier alpha value is -5.50. The van der Waals surface area contributed by atoms with E-state index < -0.39 is 5.78 Å². The number of carbonyl (C=O) groups excluding carboxylic acids is 2. The number of ether oxygens (including phenoxy) is 3. The first-order valence-corrected chi connectivity index (χ1v) is 12.1. The minimum Gasteiger partial charge on any atom is -0.508 e. The van der Waals surface area contributed by atoms with E-state index in [1.807, 2.05) is 0 Å². The molecule has 40 heavy (non-hydrogen) atoms. The molecule has 0 spiro atoms. The molecule has 3 N–H and O–H groups in total. The number of hydrogen-bond acceptors (Lipinski definition) is 8. The molecule has 8 heteroatoms. The molecule has 0 radical (unpaired) electrons. The normalized spacial score (nSPS) is 11.1. The molecule has 4 rings (SSSR count). The first-order valence-electron chi connectivity index (χ1n) is 12.1. The van der Waals surface area contributed by atoms with Gasteiger partial charge in [-0.3, -0.25) is 9.59 Å². The maximum absolute atomic E-state index is 12.8. The highest BCUT2D eigenvalue weighted by molar-refractivity contribution is 6.09. The fourth-order valence-corrected chi connectivity index (χ4v) is 3.72. The average molecular weight is 539 g/mol. The number of ketones is 2. The molecular formula is C32H26O8. The Morgan fingerprint density at radius 1 is 0.600 bits per heavy atom. The van der Waals surface area contributed by atoms with Gasteiger partial charge in [-0.05, 0) is 65.7 Å². The second-order valence-electron chi connectivity index (χ2n) is 8.56. The van der Waals surface area contributed by atoms with Gasteiger partial charge >= 0.3 is 0 Å². The summed E-state index contributed by atoms with van der Waals surface area (Å²) in [6.07, 6.45) is 5.84. The quantitative estimate of drug-likeness (QED) is 0.156. The van der Waals surface area contributed by atoms with Gasteiger partial charge in [-0.2, -0.15) is 0 Å². The largest absolute Gasteiger partial charge is 0.508 e. The molecular weight excluding hydrogens is 512 g/mol. The van der Waals surface area contributed by atoms with E-state index in [9.17, 15) is 24.9 Å². The summed E-state index contributed by atoms with van der Waals surface area (Å²) in [5.74, 6) is 0.174. The van der Waals surface area contributed by atoms with Crippen LogP contribution in [-0.4, -0.2) is 41.1 Å². The molecule has 0 fully saturated rings. The summed E-state index contributed by atoms with van der Waals surface area (Å²) in [7, 11) is 2.89. The van der Waals surface area contributed by atoms with Gasteiger partial charge in [0.2, 0.25) is 0 Å². The summed E-state index contributed by atoms with van der Waals surface area (Å²) < 4.78 is 16.3. The number of phenols is 3. The van der Waals surface area contributed by atoms with E-state index in [-0.39, 0.29) is 45.7 Å². The number of carbonyl (C=O) groups is 2. The summed E-state index contributed by atoms with van der Waals surface area (Å²) in [5, 5.41) is 29.9. The molecule has 4 aromatic rings. The van der Waals surface area contributed by atoms with Crippen LogP contribution < -0.4 is 14.2 Å². The molecule has 0 saturated carbocycles. The van der Waals surface area contributed by atoms with Crippen LogP contribution in [0.15, 0.2) is 91.0 Å². The van der Waals surface area contributed by atoms with Crippen LogP contribution in [0.1, 0.15) is 31.8 Å². The monoisotopic (exact) mass is 538 g/mol. The smallest absolute Gasteiger partial charge is 0.189 e. The number of aromatic hydroxyl groups is 3. The second-order valence-corrected chi connectivity index (χ2v) is 8.56. The molecule has 0 aliphatic heterocycles. The van der Waals surface area contributed by atoms with Gasteiger partial charge < -0.3 is 29.5 Å². The molecule has 202 valence electrons. The fourth-order valence-electron chi connectivity index (χ4n) is 3.72. The van der Waals surface area contributed by atoms with Crippen LogP contribution in [0.2, 0.25) is 0 Å². The Morgan fingerprint density at radius 2 is 1.15 bits per heavy atom. The summed E-state index contributed by atoms with van der Waals surface area (Å²) in [5.41, 5.74) is 1.58. The van der Waals surface area contributed by atoms with Crippen LogP contribution >= 0.6 is 0 Å². The number of phenolic OH excluding ortho intramolecular Hbond substituents is 3. The molecule has 0 saturated heterocycles. The third kappa shape index (κ3) is 6.68. The van der Waals surface area contributed by atoms with Crippen molar-refractivity contribution < 1.29 is 39.1 Å². The van der Waals surface area contributed by atoms with Gasteiger partial charge in [-0.15, -0.1) is 0 Å². The molecule has 0 aliphatic carbocycles. The zero-order valence-electron chi connectivity index (χ0n) is 21.7. The van der Waals surface area contributed by atoms with Crippen molar-refractivity contribution in [3.05, 3.63) is 113 Å². The van der Waals surface area contributed by atoms with E-state index >= 15 is 0 Å². The zero-order chi connectivity index (χ0) is 28.6. The summed E-state index contributed by atoms with van der Waals surface area (Å²) >= 11 is 0. The molecule has 0 bridgehead atoms. The first-order chi connectivity index (χ1) is 19.3. The minimum atomic E-state index is -0.453. The van der Waals surface area contributed by atoms with Gasteiger partial charge in [0.25, 0.3) is 0 Å². The van der Waals surface area contributed by atoms with Gasteiger partial charge in [0.1, 0.15) is 28.7 Å². The molecule has 0 aromatic heterocycles. The third-order valence-electron chi connectivity index (χ3n) is 5.87. The van der Waals surface area contributed by atoms with Crippen LogP contribution in [0.5, 0.6) is 40.2 Å². The summed E-state index contributed by atoms with van der Waals surface area (Å²) in [6, 6.07) is 20.3. The lowest BCUT2D eigenvalue weighted by atomic mass is 10.1. The number of allylic oxidation sites excluding steroid dienone is 2. The number of methoxy groups -OCH3 is 2. The van der Waals surface area contributed by atoms with Crippen molar-refractivity contribution in [2.45, 2.75) is 0 Å². The Bertz CT molecular complexity index is 1580. The molecule has 0 unspecified atom stereocenters. The standard InChI is InChI=1S/C32H26O8/c1-38-24-13-14-25(29(36)17-24)27(34)15-7-21-5-11-23(12-6-21)40-32-18-26(30(37)19-31(32)39-2)28(35)16-8-20-3-9-22(33)10-4-20/h3-19,33,36-37H,1-2H3/b15-7+,16-8+. The van der Waals surface area contributed by atoms with Crippen molar-refractivity contribution in [2.24, 2.45) is 0 Å². The Balaban J connectivity index is 1.48. The van der Waals surface area contributed by atoms with Crippen LogP contribution in [-0.2, 0) is 0 Å². The van der Waals surface area contributed by atoms with Crippen LogP contribution in [0.4, 0.5) is 0 Å². The second kappa shape index (κ2) is 12.4. The van der Waals surface area contributed by atoms with Crippen molar-refractivity contribution >= 4 is 23.7 Å². The highest BCUT2D eigenvalue weighted by Gasteiger charge is 2.16. The number of benzene rings is 4. The predicted octanol–water partition coefficient (Wildman–Crippen LogP) is 6.41. The maximum atomic E-state index is 12.8. The Morgan fingerprint density at radius 3 is 1.73 bits per heavy atom. The van der Waals surface area contributed by atoms with E-state index in [4.69, 9.17) is 14.2 Å². The maximum Gasteiger partial charge on any atom is 0.189 e. The molecule has 0 aliphatic rings. The minimum absolute atomic E-state index is 0.0191. The van der Waals surface area contributed by atoms with Crippen LogP contribution in [0.25, 0.3) is 12.2 Å². The SMILES string of the molecule is COc1ccc(C(=O)/C=C/c2ccc(Oc3cc(C(=O)/C=C/c4ccc(O)cc4)c(O)cc3OC)cc2)c(O)c1. The van der Waals surface area contributed by atoms with Crippen molar-refractivity contribution in [1.82, 2.24) is 0 Å². The highest BCUT2D eigenvalue weighted by Crippen LogP contribution is 2.37.